The average Bonchev–Trinajstić information content (AvgIpc) is 2.31. The van der Waals surface area contributed by atoms with Crippen LogP contribution in [0.3, 0.4) is 0 Å². The van der Waals surface area contributed by atoms with E-state index in [2.05, 4.69) is 21.2 Å². The number of ether oxygens (including phenoxy) is 1. The van der Waals surface area contributed by atoms with Crippen LogP contribution in [0.2, 0.25) is 0 Å². The van der Waals surface area contributed by atoms with Gasteiger partial charge in [0.05, 0.1) is 0 Å². The Bertz CT molecular complexity index is 346. The van der Waals surface area contributed by atoms with Crippen molar-refractivity contribution in [2.45, 2.75) is 25.3 Å². The fourth-order valence-electron chi connectivity index (χ4n) is 1.78. The molecule has 0 saturated heterocycles. The number of hydrogen-bond donors (Lipinski definition) is 1. The third-order valence-electron chi connectivity index (χ3n) is 2.79. The second-order valence-electron chi connectivity index (χ2n) is 4.06. The summed E-state index contributed by atoms with van der Waals surface area (Å²) in [6, 6.07) is 5.24. The Balaban J connectivity index is 2.54. The molecule has 0 bridgehead atoms. The van der Waals surface area contributed by atoms with Crippen molar-refractivity contribution in [2.75, 3.05) is 20.8 Å². The molecule has 0 fully saturated rings. The van der Waals surface area contributed by atoms with Crippen LogP contribution < -0.4 is 5.32 Å². The van der Waals surface area contributed by atoms with Crippen molar-refractivity contribution in [3.8, 4) is 0 Å². The average molecular weight is 304 g/mol. The standard InChI is InChI=1S/C13H19BrFNO/c1-16-12(4-3-7-17-2)8-10-5-6-11(15)9-13(10)14/h5-6,9,12,16H,3-4,7-8H2,1-2H3. The molecule has 0 aromatic heterocycles. The van der Waals surface area contributed by atoms with Gasteiger partial charge < -0.3 is 10.1 Å². The number of methoxy groups -OCH3 is 1. The highest BCUT2D eigenvalue weighted by Crippen LogP contribution is 2.20. The Kier molecular flexibility index (Phi) is 6.70. The molecule has 1 N–H and O–H groups in total. The van der Waals surface area contributed by atoms with Crippen molar-refractivity contribution >= 4 is 15.9 Å². The van der Waals surface area contributed by atoms with Gasteiger partial charge in [0, 0.05) is 24.2 Å². The predicted molar refractivity (Wildman–Crippen MR) is 71.8 cm³/mol. The lowest BCUT2D eigenvalue weighted by Gasteiger charge is -2.16. The summed E-state index contributed by atoms with van der Waals surface area (Å²) >= 11 is 3.39. The molecule has 2 nitrogen and oxygen atoms in total. The Hall–Kier alpha value is -0.450. The zero-order valence-electron chi connectivity index (χ0n) is 10.3. The van der Waals surface area contributed by atoms with Crippen molar-refractivity contribution in [3.05, 3.63) is 34.1 Å². The second-order valence-corrected chi connectivity index (χ2v) is 4.91. The molecule has 0 saturated carbocycles. The van der Waals surface area contributed by atoms with Gasteiger partial charge in [-0.15, -0.1) is 0 Å². The molecule has 1 aromatic carbocycles. The number of rotatable bonds is 7. The minimum atomic E-state index is -0.207. The molecule has 0 amide bonds. The van der Waals surface area contributed by atoms with Crippen molar-refractivity contribution in [2.24, 2.45) is 0 Å². The van der Waals surface area contributed by atoms with Gasteiger partial charge in [-0.1, -0.05) is 22.0 Å². The van der Waals surface area contributed by atoms with E-state index in [-0.39, 0.29) is 5.82 Å². The molecule has 1 rings (SSSR count). The van der Waals surface area contributed by atoms with Crippen LogP contribution in [0.4, 0.5) is 4.39 Å². The maximum absolute atomic E-state index is 13.0. The normalized spacial score (nSPS) is 12.7. The van der Waals surface area contributed by atoms with Gasteiger partial charge in [-0.3, -0.25) is 0 Å². The minimum absolute atomic E-state index is 0.207. The predicted octanol–water partition coefficient (Wildman–Crippen LogP) is 3.15. The van der Waals surface area contributed by atoms with Gasteiger partial charge in [0.2, 0.25) is 0 Å². The highest BCUT2D eigenvalue weighted by atomic mass is 79.9. The maximum Gasteiger partial charge on any atom is 0.124 e. The van der Waals surface area contributed by atoms with Gasteiger partial charge in [-0.2, -0.15) is 0 Å². The van der Waals surface area contributed by atoms with E-state index in [4.69, 9.17) is 4.74 Å². The topological polar surface area (TPSA) is 21.3 Å². The Labute approximate surface area is 111 Å². The highest BCUT2D eigenvalue weighted by Gasteiger charge is 2.09. The smallest absolute Gasteiger partial charge is 0.124 e. The molecule has 17 heavy (non-hydrogen) atoms. The molecule has 96 valence electrons. The molecular formula is C13H19BrFNO. The molecule has 1 unspecified atom stereocenters. The Morgan fingerprint density at radius 2 is 2.24 bits per heavy atom. The number of benzene rings is 1. The van der Waals surface area contributed by atoms with E-state index in [1.54, 1.807) is 7.11 Å². The Morgan fingerprint density at radius 1 is 1.47 bits per heavy atom. The quantitative estimate of drug-likeness (QED) is 0.781. The molecule has 0 spiro atoms. The fourth-order valence-corrected chi connectivity index (χ4v) is 2.29. The molecule has 0 aliphatic heterocycles. The molecule has 1 atom stereocenters. The van der Waals surface area contributed by atoms with E-state index in [1.807, 2.05) is 13.1 Å². The van der Waals surface area contributed by atoms with Crippen LogP contribution in [0.25, 0.3) is 0 Å². The van der Waals surface area contributed by atoms with Crippen LogP contribution in [-0.2, 0) is 11.2 Å². The molecular weight excluding hydrogens is 285 g/mol. The van der Waals surface area contributed by atoms with Crippen molar-refractivity contribution in [1.82, 2.24) is 5.32 Å². The third kappa shape index (κ3) is 5.15. The van der Waals surface area contributed by atoms with Crippen LogP contribution in [0.15, 0.2) is 22.7 Å². The summed E-state index contributed by atoms with van der Waals surface area (Å²) in [6.07, 6.45) is 2.97. The number of hydrogen-bond acceptors (Lipinski definition) is 2. The first-order valence-corrected chi connectivity index (χ1v) is 6.56. The summed E-state index contributed by atoms with van der Waals surface area (Å²) in [6.45, 7) is 0.781. The molecule has 0 heterocycles. The third-order valence-corrected chi connectivity index (χ3v) is 3.53. The zero-order valence-corrected chi connectivity index (χ0v) is 11.9. The number of nitrogens with one attached hydrogen (secondary N) is 1. The van der Waals surface area contributed by atoms with E-state index < -0.39 is 0 Å². The molecule has 1 aromatic rings. The van der Waals surface area contributed by atoms with Crippen LogP contribution in [0.5, 0.6) is 0 Å². The zero-order chi connectivity index (χ0) is 12.7. The summed E-state index contributed by atoms with van der Waals surface area (Å²) in [5.74, 6) is -0.207. The van der Waals surface area contributed by atoms with Crippen molar-refractivity contribution in [3.63, 3.8) is 0 Å². The second kappa shape index (κ2) is 7.80. The first kappa shape index (κ1) is 14.6. The summed E-state index contributed by atoms with van der Waals surface area (Å²) in [4.78, 5) is 0. The van der Waals surface area contributed by atoms with E-state index in [0.717, 1.165) is 35.9 Å². The number of halogens is 2. The van der Waals surface area contributed by atoms with Crippen LogP contribution in [-0.4, -0.2) is 26.8 Å². The van der Waals surface area contributed by atoms with Crippen LogP contribution in [0, 0.1) is 5.82 Å². The Morgan fingerprint density at radius 3 is 2.82 bits per heavy atom. The van der Waals surface area contributed by atoms with E-state index in [1.165, 1.54) is 12.1 Å². The van der Waals surface area contributed by atoms with Gasteiger partial charge in [0.25, 0.3) is 0 Å². The van der Waals surface area contributed by atoms with Gasteiger partial charge in [-0.25, -0.2) is 4.39 Å². The largest absolute Gasteiger partial charge is 0.385 e. The first-order valence-electron chi connectivity index (χ1n) is 5.77. The minimum Gasteiger partial charge on any atom is -0.385 e. The van der Waals surface area contributed by atoms with Gasteiger partial charge in [0.1, 0.15) is 5.82 Å². The molecule has 0 aliphatic rings. The van der Waals surface area contributed by atoms with Gasteiger partial charge in [0.15, 0.2) is 0 Å². The summed E-state index contributed by atoms with van der Waals surface area (Å²) in [5, 5.41) is 3.28. The SMILES string of the molecule is CNC(CCCOC)Cc1ccc(F)cc1Br. The van der Waals surface area contributed by atoms with E-state index in [0.29, 0.717) is 6.04 Å². The lowest BCUT2D eigenvalue weighted by molar-refractivity contribution is 0.189. The van der Waals surface area contributed by atoms with E-state index >= 15 is 0 Å². The molecule has 0 aliphatic carbocycles. The lowest BCUT2D eigenvalue weighted by Crippen LogP contribution is -2.28. The first-order chi connectivity index (χ1) is 8.17. The number of likely N-dealkylation sites (N-methyl/N-ethyl adjacent to an activating group) is 1. The summed E-state index contributed by atoms with van der Waals surface area (Å²) in [5.41, 5.74) is 1.13. The van der Waals surface area contributed by atoms with Crippen molar-refractivity contribution < 1.29 is 9.13 Å². The fraction of sp³-hybridized carbons (Fsp3) is 0.538. The molecule has 4 heteroatoms. The van der Waals surface area contributed by atoms with Crippen molar-refractivity contribution in [1.29, 1.82) is 0 Å². The summed E-state index contributed by atoms with van der Waals surface area (Å²) < 4.78 is 18.8. The highest BCUT2D eigenvalue weighted by molar-refractivity contribution is 9.10. The van der Waals surface area contributed by atoms with Crippen LogP contribution >= 0.6 is 15.9 Å². The molecule has 0 radical (unpaired) electrons. The maximum atomic E-state index is 13.0. The van der Waals surface area contributed by atoms with E-state index in [9.17, 15) is 4.39 Å². The summed E-state index contributed by atoms with van der Waals surface area (Å²) in [7, 11) is 3.67. The monoisotopic (exact) mass is 303 g/mol. The lowest BCUT2D eigenvalue weighted by atomic mass is 10.0. The van der Waals surface area contributed by atoms with Gasteiger partial charge in [-0.05, 0) is 44.0 Å². The van der Waals surface area contributed by atoms with Gasteiger partial charge >= 0.3 is 0 Å². The van der Waals surface area contributed by atoms with Crippen LogP contribution in [0.1, 0.15) is 18.4 Å².